The molecule has 0 spiro atoms. The van der Waals surface area contributed by atoms with Crippen molar-refractivity contribution < 1.29 is 9.53 Å². The van der Waals surface area contributed by atoms with Crippen molar-refractivity contribution in [1.82, 2.24) is 0 Å². The number of Topliss-reactive ketones (excluding diaryl/α,β-unsaturated/α-hetero) is 1. The molecule has 0 N–H and O–H groups in total. The van der Waals surface area contributed by atoms with Crippen LogP contribution in [0.2, 0.25) is 0 Å². The molecule has 2 aliphatic rings. The van der Waals surface area contributed by atoms with E-state index in [1.165, 1.54) is 24.9 Å². The summed E-state index contributed by atoms with van der Waals surface area (Å²) in [7, 11) is 0. The van der Waals surface area contributed by atoms with Gasteiger partial charge in [-0.1, -0.05) is 42.5 Å². The number of carbonyl (C=O) groups excluding carboxylic acids is 1. The molecule has 0 aromatic heterocycles. The summed E-state index contributed by atoms with van der Waals surface area (Å²) in [5.74, 6) is 1.69. The van der Waals surface area contributed by atoms with Crippen LogP contribution in [-0.2, 0) is 6.42 Å². The number of rotatable bonds is 4. The fraction of sp³-hybridized carbons (Fsp3) is 0.269. The van der Waals surface area contributed by atoms with Crippen LogP contribution in [-0.4, -0.2) is 18.9 Å². The van der Waals surface area contributed by atoms with Crippen molar-refractivity contribution in [3.8, 4) is 11.5 Å². The van der Waals surface area contributed by atoms with Gasteiger partial charge < -0.3 is 9.64 Å². The first kappa shape index (κ1) is 18.0. The van der Waals surface area contributed by atoms with Crippen molar-refractivity contribution in [2.75, 3.05) is 18.0 Å². The van der Waals surface area contributed by atoms with Gasteiger partial charge in [-0.15, -0.1) is 0 Å². The Bertz CT molecular complexity index is 1020. The molecule has 3 aromatic rings. The van der Waals surface area contributed by atoms with E-state index in [-0.39, 0.29) is 11.7 Å². The highest BCUT2D eigenvalue weighted by atomic mass is 16.5. The van der Waals surface area contributed by atoms with Gasteiger partial charge in [-0.2, -0.15) is 0 Å². The van der Waals surface area contributed by atoms with E-state index in [4.69, 9.17) is 4.74 Å². The van der Waals surface area contributed by atoms with E-state index in [0.29, 0.717) is 0 Å². The molecule has 0 bridgehead atoms. The Morgan fingerprint density at radius 1 is 0.793 bits per heavy atom. The molecule has 0 radical (unpaired) electrons. The number of fused-ring (bicyclic) bond motifs is 1. The molecular weight excluding hydrogens is 358 g/mol. The monoisotopic (exact) mass is 383 g/mol. The first-order chi connectivity index (χ1) is 14.3. The van der Waals surface area contributed by atoms with E-state index < -0.39 is 0 Å². The molecule has 1 aliphatic heterocycles. The molecule has 3 aromatic carbocycles. The lowest BCUT2D eigenvalue weighted by atomic mass is 9.92. The van der Waals surface area contributed by atoms with E-state index in [1.54, 1.807) is 0 Å². The second-order valence-corrected chi connectivity index (χ2v) is 7.96. The van der Waals surface area contributed by atoms with Crippen LogP contribution in [0.15, 0.2) is 72.8 Å². The lowest BCUT2D eigenvalue weighted by Gasteiger charge is -2.32. The molecule has 146 valence electrons. The third-order valence-corrected chi connectivity index (χ3v) is 6.07. The zero-order valence-corrected chi connectivity index (χ0v) is 16.5. The average Bonchev–Trinajstić information content (AvgIpc) is 3.12. The SMILES string of the molecule is O=C1c2ccccc2CC1c1cc(Oc2ccccc2)ccc1N1CCCCC1. The molecular formula is C26H25NO2. The van der Waals surface area contributed by atoms with Crippen LogP contribution < -0.4 is 9.64 Å². The lowest BCUT2D eigenvalue weighted by Crippen LogP contribution is -2.31. The normalized spacial score (nSPS) is 18.6. The molecule has 1 saturated heterocycles. The highest BCUT2D eigenvalue weighted by molar-refractivity contribution is 6.06. The Balaban J connectivity index is 1.53. The minimum Gasteiger partial charge on any atom is -0.457 e. The minimum atomic E-state index is -0.136. The van der Waals surface area contributed by atoms with Gasteiger partial charge in [0.2, 0.25) is 0 Å². The predicted molar refractivity (Wildman–Crippen MR) is 116 cm³/mol. The number of benzene rings is 3. The number of hydrogen-bond donors (Lipinski definition) is 0. The smallest absolute Gasteiger partial charge is 0.171 e. The van der Waals surface area contributed by atoms with Gasteiger partial charge in [-0.05, 0) is 67.1 Å². The Morgan fingerprint density at radius 2 is 1.55 bits per heavy atom. The third-order valence-electron chi connectivity index (χ3n) is 6.07. The van der Waals surface area contributed by atoms with Gasteiger partial charge in [-0.25, -0.2) is 0 Å². The van der Waals surface area contributed by atoms with E-state index in [2.05, 4.69) is 23.1 Å². The molecule has 1 heterocycles. The van der Waals surface area contributed by atoms with Crippen LogP contribution in [0.1, 0.15) is 46.7 Å². The van der Waals surface area contributed by atoms with Crippen molar-refractivity contribution >= 4 is 11.5 Å². The summed E-state index contributed by atoms with van der Waals surface area (Å²) >= 11 is 0. The molecule has 1 atom stereocenters. The van der Waals surface area contributed by atoms with E-state index in [0.717, 1.165) is 47.7 Å². The highest BCUT2D eigenvalue weighted by Crippen LogP contribution is 2.41. The van der Waals surface area contributed by atoms with Crippen molar-refractivity contribution in [3.05, 3.63) is 89.5 Å². The standard InChI is InChI=1S/C26H25NO2/c28-26-22-12-6-5-9-19(22)17-24(26)23-18-21(29-20-10-3-1-4-11-20)13-14-25(23)27-15-7-2-8-16-27/h1,3-6,9-14,18,24H,2,7-8,15-17H2. The molecule has 3 heteroatoms. The maximum Gasteiger partial charge on any atom is 0.171 e. The van der Waals surface area contributed by atoms with Crippen molar-refractivity contribution in [1.29, 1.82) is 0 Å². The molecule has 29 heavy (non-hydrogen) atoms. The Kier molecular flexibility index (Phi) is 4.81. The second-order valence-electron chi connectivity index (χ2n) is 7.96. The third kappa shape index (κ3) is 3.53. The quantitative estimate of drug-likeness (QED) is 0.554. The summed E-state index contributed by atoms with van der Waals surface area (Å²) in [6.45, 7) is 2.11. The molecule has 3 nitrogen and oxygen atoms in total. The van der Waals surface area contributed by atoms with Gasteiger partial charge in [0.15, 0.2) is 5.78 Å². The molecule has 1 aliphatic carbocycles. The lowest BCUT2D eigenvalue weighted by molar-refractivity contribution is 0.0973. The average molecular weight is 383 g/mol. The van der Waals surface area contributed by atoms with Crippen LogP contribution in [0.5, 0.6) is 11.5 Å². The fourth-order valence-electron chi connectivity index (χ4n) is 4.61. The van der Waals surface area contributed by atoms with Gasteiger partial charge >= 0.3 is 0 Å². The Morgan fingerprint density at radius 3 is 2.34 bits per heavy atom. The van der Waals surface area contributed by atoms with Gasteiger partial charge in [0.05, 0.1) is 5.92 Å². The summed E-state index contributed by atoms with van der Waals surface area (Å²) < 4.78 is 6.10. The summed E-state index contributed by atoms with van der Waals surface area (Å²) in [6, 6.07) is 24.1. The van der Waals surface area contributed by atoms with Crippen LogP contribution >= 0.6 is 0 Å². The topological polar surface area (TPSA) is 29.5 Å². The number of nitrogens with zero attached hydrogens (tertiary/aromatic N) is 1. The summed E-state index contributed by atoms with van der Waals surface area (Å²) in [4.78, 5) is 15.7. The van der Waals surface area contributed by atoms with Crippen molar-refractivity contribution in [2.24, 2.45) is 0 Å². The first-order valence-corrected chi connectivity index (χ1v) is 10.5. The van der Waals surface area contributed by atoms with Crippen molar-refractivity contribution in [2.45, 2.75) is 31.6 Å². The van der Waals surface area contributed by atoms with Gasteiger partial charge in [-0.3, -0.25) is 4.79 Å². The molecule has 0 amide bonds. The first-order valence-electron chi connectivity index (χ1n) is 10.5. The highest BCUT2D eigenvalue weighted by Gasteiger charge is 2.34. The summed E-state index contributed by atoms with van der Waals surface area (Å²) in [5.41, 5.74) is 4.32. The van der Waals surface area contributed by atoms with E-state index in [1.807, 2.05) is 54.6 Å². The number of hydrogen-bond acceptors (Lipinski definition) is 3. The fourth-order valence-corrected chi connectivity index (χ4v) is 4.61. The van der Waals surface area contributed by atoms with E-state index in [9.17, 15) is 4.79 Å². The number of ether oxygens (including phenoxy) is 1. The molecule has 0 saturated carbocycles. The number of piperidine rings is 1. The zero-order valence-electron chi connectivity index (χ0n) is 16.5. The number of anilines is 1. The molecule has 1 unspecified atom stereocenters. The second kappa shape index (κ2) is 7.75. The molecule has 1 fully saturated rings. The Labute approximate surface area is 171 Å². The number of para-hydroxylation sites is 1. The predicted octanol–water partition coefficient (Wildman–Crippen LogP) is 5.99. The van der Waals surface area contributed by atoms with Gasteiger partial charge in [0.25, 0.3) is 0 Å². The maximum absolute atomic E-state index is 13.2. The maximum atomic E-state index is 13.2. The molecule has 5 rings (SSSR count). The van der Waals surface area contributed by atoms with Crippen molar-refractivity contribution in [3.63, 3.8) is 0 Å². The van der Waals surface area contributed by atoms with Crippen LogP contribution in [0.25, 0.3) is 0 Å². The minimum absolute atomic E-state index is 0.136. The van der Waals surface area contributed by atoms with E-state index >= 15 is 0 Å². The zero-order chi connectivity index (χ0) is 19.6. The van der Waals surface area contributed by atoms with Crippen LogP contribution in [0, 0.1) is 0 Å². The van der Waals surface area contributed by atoms with Gasteiger partial charge in [0.1, 0.15) is 11.5 Å². The summed E-state index contributed by atoms with van der Waals surface area (Å²) in [6.07, 6.45) is 4.47. The summed E-state index contributed by atoms with van der Waals surface area (Å²) in [5, 5.41) is 0. The Hall–Kier alpha value is -3.07. The number of carbonyl (C=O) groups is 1. The largest absolute Gasteiger partial charge is 0.457 e. The van der Waals surface area contributed by atoms with Crippen LogP contribution in [0.3, 0.4) is 0 Å². The van der Waals surface area contributed by atoms with Gasteiger partial charge in [0, 0.05) is 24.3 Å². The van der Waals surface area contributed by atoms with Crippen LogP contribution in [0.4, 0.5) is 5.69 Å². The number of ketones is 1.